The zero-order chi connectivity index (χ0) is 17.8. The summed E-state index contributed by atoms with van der Waals surface area (Å²) in [5, 5.41) is 0. The van der Waals surface area contributed by atoms with E-state index in [1.54, 1.807) is 5.51 Å². The molecule has 2 aromatic carbocycles. The molecule has 4 rings (SSSR count). The highest BCUT2D eigenvalue weighted by atomic mass is 32.1. The van der Waals surface area contributed by atoms with E-state index in [-0.39, 0.29) is 12.1 Å². The van der Waals surface area contributed by atoms with E-state index < -0.39 is 0 Å². The lowest BCUT2D eigenvalue weighted by molar-refractivity contribution is 0.0324. The maximum absolute atomic E-state index is 12.5. The van der Waals surface area contributed by atoms with Crippen LogP contribution in [-0.2, 0) is 4.74 Å². The standard InChI is InChI=1S/C21H19NO3S/c23-21(25-17-8-4-5-9-17)20-19(22-14-26-20)15-10-12-18(13-11-15)24-16-6-2-1-3-7-16/h1-3,6-7,10-14,17H,4-5,8-9H2. The molecule has 1 aliphatic carbocycles. The minimum atomic E-state index is -0.265. The van der Waals surface area contributed by atoms with Gasteiger partial charge in [0.25, 0.3) is 0 Å². The van der Waals surface area contributed by atoms with Gasteiger partial charge < -0.3 is 9.47 Å². The SMILES string of the molecule is O=C(OC1CCCC1)c1scnc1-c1ccc(Oc2ccccc2)cc1. The van der Waals surface area contributed by atoms with Crippen LogP contribution in [0.3, 0.4) is 0 Å². The van der Waals surface area contributed by atoms with Crippen LogP contribution in [0.1, 0.15) is 35.4 Å². The summed E-state index contributed by atoms with van der Waals surface area (Å²) in [5.41, 5.74) is 3.24. The van der Waals surface area contributed by atoms with Crippen molar-refractivity contribution in [3.05, 3.63) is 65.0 Å². The Morgan fingerprint density at radius 2 is 1.65 bits per heavy atom. The van der Waals surface area contributed by atoms with Gasteiger partial charge in [-0.05, 0) is 62.1 Å². The lowest BCUT2D eigenvalue weighted by Gasteiger charge is -2.11. The Balaban J connectivity index is 1.49. The van der Waals surface area contributed by atoms with Crippen LogP contribution in [0.25, 0.3) is 11.3 Å². The maximum Gasteiger partial charge on any atom is 0.350 e. The summed E-state index contributed by atoms with van der Waals surface area (Å²) in [5.74, 6) is 1.26. The van der Waals surface area contributed by atoms with Crippen molar-refractivity contribution in [1.82, 2.24) is 4.98 Å². The van der Waals surface area contributed by atoms with E-state index in [1.165, 1.54) is 11.3 Å². The molecule has 0 bridgehead atoms. The minimum absolute atomic E-state index is 0.0547. The fourth-order valence-electron chi connectivity index (χ4n) is 3.11. The third-order valence-corrected chi connectivity index (χ3v) is 5.24. The van der Waals surface area contributed by atoms with Gasteiger partial charge in [-0.15, -0.1) is 11.3 Å². The Kier molecular flexibility index (Phi) is 4.97. The van der Waals surface area contributed by atoms with Gasteiger partial charge in [-0.3, -0.25) is 0 Å². The van der Waals surface area contributed by atoms with Crippen molar-refractivity contribution in [3.8, 4) is 22.8 Å². The molecule has 4 nitrogen and oxygen atoms in total. The number of hydrogen-bond donors (Lipinski definition) is 0. The molecule has 1 heterocycles. The number of rotatable bonds is 5. The Labute approximate surface area is 156 Å². The number of hydrogen-bond acceptors (Lipinski definition) is 5. The van der Waals surface area contributed by atoms with Crippen LogP contribution in [0.15, 0.2) is 60.1 Å². The van der Waals surface area contributed by atoms with E-state index in [4.69, 9.17) is 9.47 Å². The second-order valence-electron chi connectivity index (χ2n) is 6.28. The summed E-state index contributed by atoms with van der Waals surface area (Å²) in [6.45, 7) is 0. The molecular formula is C21H19NO3S. The normalized spacial score (nSPS) is 14.3. The molecule has 0 atom stereocenters. The molecule has 26 heavy (non-hydrogen) atoms. The fraction of sp³-hybridized carbons (Fsp3) is 0.238. The molecule has 1 aliphatic rings. The number of carbonyl (C=O) groups is 1. The highest BCUT2D eigenvalue weighted by Crippen LogP contribution is 2.30. The molecule has 0 spiro atoms. The molecular weight excluding hydrogens is 346 g/mol. The van der Waals surface area contributed by atoms with Gasteiger partial charge in [-0.1, -0.05) is 18.2 Å². The smallest absolute Gasteiger partial charge is 0.350 e. The van der Waals surface area contributed by atoms with Crippen molar-refractivity contribution in [3.63, 3.8) is 0 Å². The van der Waals surface area contributed by atoms with Crippen molar-refractivity contribution in [1.29, 1.82) is 0 Å². The first-order valence-corrected chi connectivity index (χ1v) is 9.65. The summed E-state index contributed by atoms with van der Waals surface area (Å²) in [7, 11) is 0. The average molecular weight is 365 g/mol. The van der Waals surface area contributed by atoms with Crippen molar-refractivity contribution in [2.75, 3.05) is 0 Å². The second-order valence-corrected chi connectivity index (χ2v) is 7.14. The molecule has 0 aliphatic heterocycles. The molecule has 1 fully saturated rings. The molecule has 1 aromatic heterocycles. The van der Waals surface area contributed by atoms with Gasteiger partial charge in [-0.25, -0.2) is 9.78 Å². The number of carbonyl (C=O) groups excluding carboxylic acids is 1. The first-order valence-electron chi connectivity index (χ1n) is 8.77. The molecule has 0 saturated heterocycles. The Bertz CT molecular complexity index is 868. The number of nitrogens with zero attached hydrogens (tertiary/aromatic N) is 1. The first-order chi connectivity index (χ1) is 12.8. The second kappa shape index (κ2) is 7.70. The minimum Gasteiger partial charge on any atom is -0.458 e. The number of esters is 1. The lowest BCUT2D eigenvalue weighted by atomic mass is 10.1. The zero-order valence-corrected chi connectivity index (χ0v) is 15.1. The summed E-state index contributed by atoms with van der Waals surface area (Å²) in [6.07, 6.45) is 4.25. The van der Waals surface area contributed by atoms with Gasteiger partial charge in [-0.2, -0.15) is 0 Å². The third kappa shape index (κ3) is 3.78. The van der Waals surface area contributed by atoms with E-state index in [0.717, 1.165) is 42.7 Å². The van der Waals surface area contributed by atoms with Gasteiger partial charge in [0.05, 0.1) is 11.2 Å². The molecule has 5 heteroatoms. The van der Waals surface area contributed by atoms with Crippen LogP contribution in [0.4, 0.5) is 0 Å². The summed E-state index contributed by atoms with van der Waals surface area (Å²) < 4.78 is 11.4. The van der Waals surface area contributed by atoms with E-state index >= 15 is 0 Å². The highest BCUT2D eigenvalue weighted by Gasteiger charge is 2.23. The Hall–Kier alpha value is -2.66. The number of ether oxygens (including phenoxy) is 2. The van der Waals surface area contributed by atoms with E-state index in [0.29, 0.717) is 10.6 Å². The molecule has 0 N–H and O–H groups in total. The molecule has 0 radical (unpaired) electrons. The van der Waals surface area contributed by atoms with E-state index in [2.05, 4.69) is 4.98 Å². The average Bonchev–Trinajstić information content (AvgIpc) is 3.35. The van der Waals surface area contributed by atoms with Gasteiger partial charge in [0, 0.05) is 5.56 Å². The fourth-order valence-corrected chi connectivity index (χ4v) is 3.80. The van der Waals surface area contributed by atoms with Gasteiger partial charge in [0.2, 0.25) is 0 Å². The number of aromatic nitrogens is 1. The number of benzene rings is 2. The van der Waals surface area contributed by atoms with Crippen molar-refractivity contribution in [2.24, 2.45) is 0 Å². The predicted octanol–water partition coefficient (Wildman–Crippen LogP) is 5.70. The van der Waals surface area contributed by atoms with E-state index in [1.807, 2.05) is 54.6 Å². The van der Waals surface area contributed by atoms with Crippen LogP contribution in [0.2, 0.25) is 0 Å². The molecule has 0 amide bonds. The quantitative estimate of drug-likeness (QED) is 0.544. The number of thiazole rings is 1. The molecule has 3 aromatic rings. The van der Waals surface area contributed by atoms with E-state index in [9.17, 15) is 4.79 Å². The van der Waals surface area contributed by atoms with Crippen LogP contribution < -0.4 is 4.74 Å². The summed E-state index contributed by atoms with van der Waals surface area (Å²) >= 11 is 1.33. The topological polar surface area (TPSA) is 48.4 Å². The van der Waals surface area contributed by atoms with Crippen LogP contribution in [-0.4, -0.2) is 17.1 Å². The lowest BCUT2D eigenvalue weighted by Crippen LogP contribution is -2.14. The summed E-state index contributed by atoms with van der Waals surface area (Å²) in [6, 6.07) is 17.2. The van der Waals surface area contributed by atoms with Crippen LogP contribution >= 0.6 is 11.3 Å². The Morgan fingerprint density at radius 1 is 0.962 bits per heavy atom. The van der Waals surface area contributed by atoms with Gasteiger partial charge in [0.15, 0.2) is 0 Å². The first kappa shape index (κ1) is 16.8. The van der Waals surface area contributed by atoms with Crippen molar-refractivity contribution >= 4 is 17.3 Å². The maximum atomic E-state index is 12.5. The van der Waals surface area contributed by atoms with Crippen molar-refractivity contribution < 1.29 is 14.3 Å². The zero-order valence-electron chi connectivity index (χ0n) is 14.3. The Morgan fingerprint density at radius 3 is 2.38 bits per heavy atom. The molecule has 1 saturated carbocycles. The highest BCUT2D eigenvalue weighted by molar-refractivity contribution is 7.12. The van der Waals surface area contributed by atoms with Crippen molar-refractivity contribution in [2.45, 2.75) is 31.8 Å². The summed E-state index contributed by atoms with van der Waals surface area (Å²) in [4.78, 5) is 17.4. The third-order valence-electron chi connectivity index (χ3n) is 4.44. The molecule has 132 valence electrons. The predicted molar refractivity (Wildman–Crippen MR) is 102 cm³/mol. The van der Waals surface area contributed by atoms with Gasteiger partial charge >= 0.3 is 5.97 Å². The van der Waals surface area contributed by atoms with Gasteiger partial charge in [0.1, 0.15) is 22.5 Å². The largest absolute Gasteiger partial charge is 0.458 e. The monoisotopic (exact) mass is 365 g/mol. The van der Waals surface area contributed by atoms with Crippen LogP contribution in [0.5, 0.6) is 11.5 Å². The number of para-hydroxylation sites is 1. The molecule has 0 unspecified atom stereocenters. The van der Waals surface area contributed by atoms with Crippen LogP contribution in [0, 0.1) is 0 Å².